The van der Waals surface area contributed by atoms with Gasteiger partial charge in [0.2, 0.25) is 5.69 Å². The van der Waals surface area contributed by atoms with Crippen molar-refractivity contribution in [1.29, 1.82) is 0 Å². The van der Waals surface area contributed by atoms with Crippen molar-refractivity contribution >= 4 is 45.8 Å². The van der Waals surface area contributed by atoms with Crippen LogP contribution in [-0.4, -0.2) is 29.9 Å². The van der Waals surface area contributed by atoms with Gasteiger partial charge in [-0.2, -0.15) is 0 Å². The summed E-state index contributed by atoms with van der Waals surface area (Å²) in [6, 6.07) is 11.1. The molecule has 0 atom stereocenters. The molecule has 0 radical (unpaired) electrons. The van der Waals surface area contributed by atoms with Crippen LogP contribution in [0.5, 0.6) is 5.75 Å². The molecular weight excluding hydrogens is 499 g/mol. The molecule has 0 N–H and O–H groups in total. The van der Waals surface area contributed by atoms with Gasteiger partial charge in [-0.05, 0) is 59.0 Å². The highest BCUT2D eigenvalue weighted by atomic mass is 127. The average molecular weight is 526 g/mol. The van der Waals surface area contributed by atoms with Crippen molar-refractivity contribution in [2.75, 3.05) is 6.98 Å². The Labute approximate surface area is 195 Å². The normalized spacial score (nSPS) is 23.6. The van der Waals surface area contributed by atoms with Crippen LogP contribution in [0.15, 0.2) is 42.5 Å². The van der Waals surface area contributed by atoms with E-state index in [1.807, 2.05) is 27.7 Å². The quantitative estimate of drug-likeness (QED) is 0.340. The van der Waals surface area contributed by atoms with Gasteiger partial charge >= 0.3 is 0 Å². The van der Waals surface area contributed by atoms with E-state index in [4.69, 9.17) is 27.0 Å². The van der Waals surface area contributed by atoms with E-state index < -0.39 is 29.8 Å². The molecule has 1 aliphatic rings. The van der Waals surface area contributed by atoms with Crippen LogP contribution in [0.4, 0.5) is 5.69 Å². The predicted octanol–water partition coefficient (Wildman–Crippen LogP) is 6.45. The maximum Gasteiger partial charge on any atom is 0.253 e. The Morgan fingerprint density at radius 1 is 1.21 bits per heavy atom. The van der Waals surface area contributed by atoms with E-state index in [0.717, 1.165) is 8.47 Å². The fourth-order valence-corrected chi connectivity index (χ4v) is 5.29. The monoisotopic (exact) mass is 525 g/mol. The van der Waals surface area contributed by atoms with Gasteiger partial charge in [0.1, 0.15) is 11.9 Å². The molecule has 152 valence electrons. The van der Waals surface area contributed by atoms with Gasteiger partial charge in [0, 0.05) is 37.1 Å². The van der Waals surface area contributed by atoms with Gasteiger partial charge in [0.15, 0.2) is 0 Å². The Balaban J connectivity index is 1.95. The number of nitrogens with zero attached hydrogens (tertiary/aromatic N) is 2. The fraction of sp³-hybridized carbons (Fsp3) is 0.391. The second-order valence-electron chi connectivity index (χ2n) is 8.45. The van der Waals surface area contributed by atoms with E-state index in [-0.39, 0.29) is 6.10 Å². The Morgan fingerprint density at radius 2 is 1.83 bits per heavy atom. The molecule has 6 heteroatoms. The molecule has 1 aliphatic carbocycles. The number of halogens is 2. The van der Waals surface area contributed by atoms with Crippen molar-refractivity contribution in [3.63, 3.8) is 0 Å². The first-order chi connectivity index (χ1) is 14.7. The standard InChI is InChI=1S/C23H24ClIN2O2/c1-22(2)20(27(6)19(28)14-7-9-15(25)10-8-14)23(3,4)21(22)29-16-11-12-18(26-5)17(24)13-16/h7-13,20-21H,1-4,6H3/i6D3. The first-order valence-corrected chi connectivity index (χ1v) is 10.6. The Hall–Kier alpha value is -1.78. The van der Waals surface area contributed by atoms with E-state index in [1.165, 1.54) is 0 Å². The second-order valence-corrected chi connectivity index (χ2v) is 10.1. The third-order valence-corrected chi connectivity index (χ3v) is 6.64. The SMILES string of the molecule is [2H]C([2H])([2H])N(C(=O)c1ccc(I)cc1)C1C(C)(C)C(Oc2ccc([N+]#[C-])c(Cl)c2)C1(C)C. The van der Waals surface area contributed by atoms with Gasteiger partial charge in [-0.3, -0.25) is 4.79 Å². The number of hydrogen-bond acceptors (Lipinski definition) is 2. The lowest BCUT2D eigenvalue weighted by Gasteiger charge is -2.65. The molecule has 0 heterocycles. The second kappa shape index (κ2) is 7.81. The summed E-state index contributed by atoms with van der Waals surface area (Å²) in [5, 5.41) is 0.294. The topological polar surface area (TPSA) is 33.9 Å². The third kappa shape index (κ3) is 3.85. The summed E-state index contributed by atoms with van der Waals surface area (Å²) in [5.74, 6) is -0.0353. The average Bonchev–Trinajstić information content (AvgIpc) is 2.69. The number of benzene rings is 2. The third-order valence-electron chi connectivity index (χ3n) is 5.62. The zero-order valence-corrected chi connectivity index (χ0v) is 19.6. The molecule has 0 unspecified atom stereocenters. The van der Waals surface area contributed by atoms with Gasteiger partial charge in [-0.15, -0.1) is 0 Å². The van der Waals surface area contributed by atoms with Crippen molar-refractivity contribution < 1.29 is 13.6 Å². The number of ether oxygens (including phenoxy) is 1. The Kier molecular flexibility index (Phi) is 4.85. The fourth-order valence-electron chi connectivity index (χ4n) is 4.71. The van der Waals surface area contributed by atoms with E-state index >= 15 is 0 Å². The number of carbonyl (C=O) groups excluding carboxylic acids is 1. The summed E-state index contributed by atoms with van der Waals surface area (Å²) in [5.41, 5.74) is -0.664. The molecule has 0 saturated heterocycles. The molecule has 29 heavy (non-hydrogen) atoms. The Morgan fingerprint density at radius 3 is 2.34 bits per heavy atom. The van der Waals surface area contributed by atoms with Crippen LogP contribution in [-0.2, 0) is 0 Å². The Bertz CT molecular complexity index is 1060. The maximum atomic E-state index is 13.4. The number of amides is 1. The number of carbonyl (C=O) groups is 1. The van der Waals surface area contributed by atoms with Crippen LogP contribution in [0.3, 0.4) is 0 Å². The van der Waals surface area contributed by atoms with Crippen LogP contribution in [0.2, 0.25) is 5.02 Å². The van der Waals surface area contributed by atoms with E-state index in [9.17, 15) is 4.79 Å². The summed E-state index contributed by atoms with van der Waals surface area (Å²) >= 11 is 8.29. The van der Waals surface area contributed by atoms with Crippen LogP contribution in [0, 0.1) is 21.0 Å². The minimum atomic E-state index is -2.62. The smallest absolute Gasteiger partial charge is 0.253 e. The van der Waals surface area contributed by atoms with Crippen molar-refractivity contribution in [3.05, 3.63) is 68.0 Å². The van der Waals surface area contributed by atoms with E-state index in [0.29, 0.717) is 22.0 Å². The highest BCUT2D eigenvalue weighted by Crippen LogP contribution is 2.57. The van der Waals surface area contributed by atoms with E-state index in [2.05, 4.69) is 27.4 Å². The molecule has 2 aromatic carbocycles. The molecule has 3 rings (SSSR count). The molecule has 0 aromatic heterocycles. The van der Waals surface area contributed by atoms with Gasteiger partial charge < -0.3 is 9.64 Å². The van der Waals surface area contributed by atoms with Crippen LogP contribution < -0.4 is 4.74 Å². The zero-order valence-electron chi connectivity index (χ0n) is 19.7. The van der Waals surface area contributed by atoms with Crippen LogP contribution in [0.25, 0.3) is 4.85 Å². The molecule has 1 saturated carbocycles. The van der Waals surface area contributed by atoms with Crippen molar-refractivity contribution in [3.8, 4) is 5.75 Å². The van der Waals surface area contributed by atoms with Crippen LogP contribution >= 0.6 is 34.2 Å². The molecule has 4 nitrogen and oxygen atoms in total. The largest absolute Gasteiger partial charge is 0.489 e. The maximum absolute atomic E-state index is 13.4. The molecule has 1 fully saturated rings. The number of hydrogen-bond donors (Lipinski definition) is 0. The molecule has 0 spiro atoms. The predicted molar refractivity (Wildman–Crippen MR) is 125 cm³/mol. The summed E-state index contributed by atoms with van der Waals surface area (Å²) in [6.07, 6.45) is -0.385. The molecule has 2 aromatic rings. The summed E-state index contributed by atoms with van der Waals surface area (Å²) < 4.78 is 31.6. The van der Waals surface area contributed by atoms with Crippen molar-refractivity contribution in [1.82, 2.24) is 4.90 Å². The first kappa shape index (κ1) is 18.0. The van der Waals surface area contributed by atoms with E-state index in [1.54, 1.807) is 42.5 Å². The highest BCUT2D eigenvalue weighted by Gasteiger charge is 2.65. The highest BCUT2D eigenvalue weighted by molar-refractivity contribution is 14.1. The van der Waals surface area contributed by atoms with Crippen molar-refractivity contribution in [2.45, 2.75) is 39.8 Å². The number of rotatable bonds is 4. The summed E-state index contributed by atoms with van der Waals surface area (Å²) in [7, 11) is 0. The lowest BCUT2D eigenvalue weighted by atomic mass is 9.49. The van der Waals surface area contributed by atoms with Crippen LogP contribution in [0.1, 0.15) is 42.2 Å². The molecule has 1 amide bonds. The molecule has 0 bridgehead atoms. The molecular formula is C23H24ClIN2O2. The first-order valence-electron chi connectivity index (χ1n) is 10.6. The minimum absolute atomic E-state index is 0.294. The zero-order chi connectivity index (χ0) is 24.1. The van der Waals surface area contributed by atoms with Crippen molar-refractivity contribution in [2.24, 2.45) is 10.8 Å². The van der Waals surface area contributed by atoms with Gasteiger partial charge in [0.05, 0.1) is 11.6 Å². The molecule has 0 aliphatic heterocycles. The lowest BCUT2D eigenvalue weighted by molar-refractivity contribution is -0.195. The van der Waals surface area contributed by atoms with Gasteiger partial charge in [-0.25, -0.2) is 4.85 Å². The summed E-state index contributed by atoms with van der Waals surface area (Å²) in [6.45, 7) is 12.1. The van der Waals surface area contributed by atoms with Gasteiger partial charge in [-0.1, -0.05) is 45.4 Å². The summed E-state index contributed by atoms with van der Waals surface area (Å²) in [4.78, 5) is 17.8. The minimum Gasteiger partial charge on any atom is -0.489 e. The van der Waals surface area contributed by atoms with Gasteiger partial charge in [0.25, 0.3) is 5.91 Å². The lowest BCUT2D eigenvalue weighted by Crippen LogP contribution is -2.74.